The number of aromatic nitrogens is 4. The molecule has 1 fully saturated rings. The molecule has 3 heterocycles. The first-order valence-corrected chi connectivity index (χ1v) is 24.7. The molecule has 13 heteroatoms. The van der Waals surface area contributed by atoms with Gasteiger partial charge in [-0.2, -0.15) is 9.97 Å². The van der Waals surface area contributed by atoms with Crippen molar-refractivity contribution < 1.29 is 22.8 Å². The molecular weight excluding hydrogens is 628 g/mol. The lowest BCUT2D eigenvalue weighted by atomic mass is 10.1. The van der Waals surface area contributed by atoms with Gasteiger partial charge in [0, 0.05) is 0 Å². The molecule has 1 saturated heterocycles. The summed E-state index contributed by atoms with van der Waals surface area (Å²) in [7, 11) is -6.69. The Morgan fingerprint density at radius 3 is 1.89 bits per heavy atom. The van der Waals surface area contributed by atoms with Crippen molar-refractivity contribution in [3.63, 3.8) is 0 Å². The number of hydrogen-bond acceptors (Lipinski definition) is 8. The zero-order valence-electron chi connectivity index (χ0n) is 29.8. The molecule has 3 rings (SSSR count). The van der Waals surface area contributed by atoms with Crippen molar-refractivity contribution in [3.05, 3.63) is 24.3 Å². The Bertz CT molecular complexity index is 1310. The molecule has 9 nitrogen and oxygen atoms in total. The second-order valence-electron chi connectivity index (χ2n) is 16.5. The fraction of sp³-hybridized carbons (Fsp3) is 0.774. The Labute approximate surface area is 273 Å². The summed E-state index contributed by atoms with van der Waals surface area (Å²) in [5.74, 6) is 0.297. The van der Waals surface area contributed by atoms with Gasteiger partial charge in [0.2, 0.25) is 11.2 Å². The van der Waals surface area contributed by atoms with E-state index in [1.54, 1.807) is 12.4 Å². The maximum atomic E-state index is 7.27. The molecule has 0 aromatic carbocycles. The number of nitrogens with zero attached hydrogens (tertiary/aromatic N) is 4. The summed E-state index contributed by atoms with van der Waals surface area (Å²) < 4.78 is 36.0. The lowest BCUT2D eigenvalue weighted by Gasteiger charge is -2.44. The molecule has 0 N–H and O–H groups in total. The maximum Gasteiger partial charge on any atom is 0.247 e. The van der Waals surface area contributed by atoms with Gasteiger partial charge in [-0.1, -0.05) is 75.0 Å². The molecule has 0 aliphatic carbocycles. The highest BCUT2D eigenvalue weighted by Crippen LogP contribution is 2.47. The van der Waals surface area contributed by atoms with Crippen LogP contribution in [0, 0.1) is 0 Å². The van der Waals surface area contributed by atoms with E-state index >= 15 is 0 Å². The lowest BCUT2D eigenvalue weighted by molar-refractivity contribution is -0.0470. The highest BCUT2D eigenvalue weighted by Gasteiger charge is 2.55. The first-order valence-electron chi connectivity index (χ1n) is 15.6. The fourth-order valence-electron chi connectivity index (χ4n) is 4.16. The first kappa shape index (κ1) is 37.3. The smallest absolute Gasteiger partial charge is 0.247 e. The van der Waals surface area contributed by atoms with Gasteiger partial charge < -0.3 is 22.8 Å². The minimum atomic E-state index is -2.32. The third-order valence-electron chi connectivity index (χ3n) is 10.1. The molecule has 0 amide bonds. The van der Waals surface area contributed by atoms with Crippen molar-refractivity contribution in [3.8, 4) is 5.88 Å². The molecule has 1 aliphatic rings. The summed E-state index contributed by atoms with van der Waals surface area (Å²) >= 11 is 6.41. The summed E-state index contributed by atoms with van der Waals surface area (Å²) in [6.07, 6.45) is 1.59. The van der Waals surface area contributed by atoms with E-state index in [1.807, 2.05) is 4.57 Å². The van der Waals surface area contributed by atoms with Gasteiger partial charge in [-0.3, -0.25) is 4.57 Å². The van der Waals surface area contributed by atoms with Crippen LogP contribution in [0.15, 0.2) is 19.0 Å². The number of ether oxygens (including phenoxy) is 2. The minimum Gasteiger partial charge on any atom is -0.472 e. The zero-order chi connectivity index (χ0) is 33.7. The van der Waals surface area contributed by atoms with E-state index in [0.717, 1.165) is 0 Å². The molecule has 44 heavy (non-hydrogen) atoms. The van der Waals surface area contributed by atoms with Gasteiger partial charge in [-0.05, 0) is 66.0 Å². The number of halogens is 1. The molecule has 0 radical (unpaired) electrons. The SMILES string of the molecule is C=CCOc1nc(Cl)nc2c1ncn2[C@@H]1O[C@H](CO[Si](C)(C)C(C)(C)C)[C@@H](O[Si](C)(C)C(C)(C)C)[C@H]1O[Si](C)(C)C(C)(C)C. The second-order valence-corrected chi connectivity index (χ2v) is 31.2. The van der Waals surface area contributed by atoms with Gasteiger partial charge in [-0.25, -0.2) is 4.98 Å². The number of rotatable bonds is 11. The van der Waals surface area contributed by atoms with E-state index in [4.69, 9.17) is 34.4 Å². The largest absolute Gasteiger partial charge is 0.472 e. The Kier molecular flexibility index (Phi) is 10.9. The Hall–Kier alpha value is -1.13. The van der Waals surface area contributed by atoms with E-state index in [-0.39, 0.29) is 39.2 Å². The van der Waals surface area contributed by atoms with Crippen LogP contribution in [0.1, 0.15) is 68.5 Å². The summed E-state index contributed by atoms with van der Waals surface area (Å²) in [5.41, 5.74) is 1.00. The predicted molar refractivity (Wildman–Crippen MR) is 187 cm³/mol. The normalized spacial score (nSPS) is 22.5. The molecule has 0 spiro atoms. The standard InChI is InChI=1S/C31H57ClN4O5Si3/c1-17-18-37-26-22-25(34-28(32)35-26)36(20-33-22)27-24(41-44(15,16)31(8,9)10)23(40-43(13,14)30(5,6)7)21(39-27)19-38-42(11,12)29(2,3)4/h17,20-21,23-24,27H,1,18-19H2,2-16H3/t21-,23-,24-,27-/m1/s1. The quantitative estimate of drug-likeness (QED) is 0.132. The van der Waals surface area contributed by atoms with Crippen molar-refractivity contribution in [2.24, 2.45) is 0 Å². The third-order valence-corrected chi connectivity index (χ3v) is 23.8. The van der Waals surface area contributed by atoms with Crippen molar-refractivity contribution in [1.82, 2.24) is 19.5 Å². The van der Waals surface area contributed by atoms with E-state index < -0.39 is 37.3 Å². The Balaban J connectivity index is 2.20. The van der Waals surface area contributed by atoms with E-state index in [1.165, 1.54) is 0 Å². The van der Waals surface area contributed by atoms with E-state index in [2.05, 4.69) is 123 Å². The summed E-state index contributed by atoms with van der Waals surface area (Å²) in [4.78, 5) is 13.5. The highest BCUT2D eigenvalue weighted by atomic mass is 35.5. The van der Waals surface area contributed by atoms with Gasteiger partial charge in [0.15, 0.2) is 42.3 Å². The molecule has 0 bridgehead atoms. The van der Waals surface area contributed by atoms with Gasteiger partial charge in [0.1, 0.15) is 24.9 Å². The maximum absolute atomic E-state index is 7.27. The molecule has 1 aliphatic heterocycles. The van der Waals surface area contributed by atoms with Crippen LogP contribution < -0.4 is 4.74 Å². The van der Waals surface area contributed by atoms with Crippen molar-refractivity contribution in [2.45, 2.75) is 141 Å². The average Bonchev–Trinajstić information content (AvgIpc) is 3.40. The summed E-state index contributed by atoms with van der Waals surface area (Å²) in [6.45, 7) is 38.3. The number of hydrogen-bond donors (Lipinski definition) is 0. The summed E-state index contributed by atoms with van der Waals surface area (Å²) in [6, 6.07) is 0. The lowest BCUT2D eigenvalue weighted by Crippen LogP contribution is -2.54. The number of imidazole rings is 1. The van der Waals surface area contributed by atoms with Gasteiger partial charge in [0.25, 0.3) is 0 Å². The Morgan fingerprint density at radius 1 is 0.864 bits per heavy atom. The Morgan fingerprint density at radius 2 is 1.39 bits per heavy atom. The van der Waals surface area contributed by atoms with Crippen LogP contribution in [0.4, 0.5) is 0 Å². The number of fused-ring (bicyclic) bond motifs is 1. The fourth-order valence-corrected chi connectivity index (χ4v) is 7.94. The molecule has 0 saturated carbocycles. The average molecular weight is 686 g/mol. The molecular formula is C31H57ClN4O5Si3. The minimum absolute atomic E-state index is 0.0166. The van der Waals surface area contributed by atoms with Gasteiger partial charge in [0.05, 0.1) is 12.9 Å². The monoisotopic (exact) mass is 684 g/mol. The van der Waals surface area contributed by atoms with Crippen LogP contribution in [0.25, 0.3) is 11.2 Å². The van der Waals surface area contributed by atoms with Crippen LogP contribution >= 0.6 is 11.6 Å². The van der Waals surface area contributed by atoms with Crippen LogP contribution in [0.2, 0.25) is 59.7 Å². The molecule has 250 valence electrons. The second kappa shape index (κ2) is 12.8. The molecule has 2 aromatic rings. The van der Waals surface area contributed by atoms with E-state index in [0.29, 0.717) is 23.7 Å². The molecule has 2 aromatic heterocycles. The van der Waals surface area contributed by atoms with Gasteiger partial charge in [-0.15, -0.1) is 0 Å². The van der Waals surface area contributed by atoms with Gasteiger partial charge >= 0.3 is 0 Å². The molecule has 4 atom stereocenters. The topological polar surface area (TPSA) is 89.8 Å². The highest BCUT2D eigenvalue weighted by molar-refractivity contribution is 6.75. The van der Waals surface area contributed by atoms with Crippen molar-refractivity contribution in [2.75, 3.05) is 13.2 Å². The predicted octanol–water partition coefficient (Wildman–Crippen LogP) is 8.74. The third kappa shape index (κ3) is 7.87. The molecule has 0 unspecified atom stereocenters. The zero-order valence-corrected chi connectivity index (χ0v) is 33.5. The van der Waals surface area contributed by atoms with Crippen LogP contribution in [0.3, 0.4) is 0 Å². The van der Waals surface area contributed by atoms with Crippen LogP contribution in [-0.4, -0.2) is 76.0 Å². The van der Waals surface area contributed by atoms with E-state index in [9.17, 15) is 0 Å². The van der Waals surface area contributed by atoms with Crippen molar-refractivity contribution in [1.29, 1.82) is 0 Å². The summed E-state index contributed by atoms with van der Waals surface area (Å²) in [5, 5.41) is 0.0544. The van der Waals surface area contributed by atoms with Crippen LogP contribution in [0.5, 0.6) is 5.88 Å². The van der Waals surface area contributed by atoms with Crippen molar-refractivity contribution >= 4 is 47.7 Å². The first-order chi connectivity index (χ1) is 19.8. The van der Waals surface area contributed by atoms with Crippen LogP contribution in [-0.2, 0) is 18.0 Å².